The van der Waals surface area contributed by atoms with Crippen molar-refractivity contribution in [2.24, 2.45) is 0 Å². The lowest BCUT2D eigenvalue weighted by Gasteiger charge is -2.22. The number of nitrogens with one attached hydrogen (secondary N) is 1. The summed E-state index contributed by atoms with van der Waals surface area (Å²) >= 11 is 0. The SMILES string of the molecule is CCCNC(c1cnccc1C)c1cccc(C)c1F. The minimum atomic E-state index is -0.149. The summed E-state index contributed by atoms with van der Waals surface area (Å²) in [6.45, 7) is 6.77. The molecule has 0 aliphatic carbocycles. The van der Waals surface area contributed by atoms with Crippen molar-refractivity contribution in [2.45, 2.75) is 33.2 Å². The minimum Gasteiger partial charge on any atom is -0.306 e. The number of aromatic nitrogens is 1. The van der Waals surface area contributed by atoms with E-state index in [1.165, 1.54) is 0 Å². The number of rotatable bonds is 5. The quantitative estimate of drug-likeness (QED) is 0.892. The first-order valence-electron chi connectivity index (χ1n) is 7.04. The average molecular weight is 272 g/mol. The van der Waals surface area contributed by atoms with Crippen LogP contribution in [0, 0.1) is 19.7 Å². The molecule has 3 heteroatoms. The Bertz CT molecular complexity index is 581. The van der Waals surface area contributed by atoms with Crippen molar-refractivity contribution in [3.8, 4) is 0 Å². The van der Waals surface area contributed by atoms with Crippen LogP contribution in [0.2, 0.25) is 0 Å². The normalized spacial score (nSPS) is 12.4. The Labute approximate surface area is 120 Å². The lowest BCUT2D eigenvalue weighted by Crippen LogP contribution is -2.25. The fourth-order valence-electron chi connectivity index (χ4n) is 2.35. The molecule has 0 bridgehead atoms. The van der Waals surface area contributed by atoms with Crippen LogP contribution >= 0.6 is 0 Å². The highest BCUT2D eigenvalue weighted by atomic mass is 19.1. The summed E-state index contributed by atoms with van der Waals surface area (Å²) in [5.74, 6) is -0.135. The van der Waals surface area contributed by atoms with Crippen molar-refractivity contribution in [3.05, 3.63) is 64.7 Å². The van der Waals surface area contributed by atoms with E-state index in [4.69, 9.17) is 0 Å². The molecular formula is C17H21FN2. The molecule has 0 aliphatic rings. The van der Waals surface area contributed by atoms with Crippen LogP contribution in [-0.2, 0) is 0 Å². The Morgan fingerprint density at radius 2 is 1.95 bits per heavy atom. The predicted octanol–water partition coefficient (Wildman–Crippen LogP) is 3.93. The lowest BCUT2D eigenvalue weighted by molar-refractivity contribution is 0.540. The highest BCUT2D eigenvalue weighted by Crippen LogP contribution is 2.27. The monoisotopic (exact) mass is 272 g/mol. The van der Waals surface area contributed by atoms with Crippen molar-refractivity contribution < 1.29 is 4.39 Å². The van der Waals surface area contributed by atoms with Crippen LogP contribution in [-0.4, -0.2) is 11.5 Å². The maximum atomic E-state index is 14.4. The number of hydrogen-bond donors (Lipinski definition) is 1. The van der Waals surface area contributed by atoms with Crippen molar-refractivity contribution >= 4 is 0 Å². The molecule has 20 heavy (non-hydrogen) atoms. The molecule has 0 amide bonds. The van der Waals surface area contributed by atoms with E-state index in [-0.39, 0.29) is 11.9 Å². The Hall–Kier alpha value is -1.74. The van der Waals surface area contributed by atoms with E-state index in [9.17, 15) is 4.39 Å². The first-order chi connectivity index (χ1) is 9.65. The van der Waals surface area contributed by atoms with E-state index in [1.54, 1.807) is 19.2 Å². The minimum absolute atomic E-state index is 0.135. The van der Waals surface area contributed by atoms with Crippen LogP contribution in [0.5, 0.6) is 0 Å². The molecule has 0 radical (unpaired) electrons. The predicted molar refractivity (Wildman–Crippen MR) is 80.2 cm³/mol. The lowest BCUT2D eigenvalue weighted by atomic mass is 9.95. The van der Waals surface area contributed by atoms with Gasteiger partial charge in [-0.15, -0.1) is 0 Å². The van der Waals surface area contributed by atoms with Crippen LogP contribution in [0.4, 0.5) is 4.39 Å². The van der Waals surface area contributed by atoms with Gasteiger partial charge in [0.1, 0.15) is 5.82 Å². The fourth-order valence-corrected chi connectivity index (χ4v) is 2.35. The van der Waals surface area contributed by atoms with E-state index in [0.717, 1.165) is 24.1 Å². The number of nitrogens with zero attached hydrogens (tertiary/aromatic N) is 1. The van der Waals surface area contributed by atoms with E-state index in [2.05, 4.69) is 17.2 Å². The maximum Gasteiger partial charge on any atom is 0.131 e. The zero-order valence-corrected chi connectivity index (χ0v) is 12.3. The highest BCUT2D eigenvalue weighted by Gasteiger charge is 2.19. The molecule has 0 saturated heterocycles. The number of halogens is 1. The topological polar surface area (TPSA) is 24.9 Å². The third-order valence-corrected chi connectivity index (χ3v) is 3.52. The molecule has 2 nitrogen and oxygen atoms in total. The van der Waals surface area contributed by atoms with Gasteiger partial charge in [0, 0.05) is 18.0 Å². The Balaban J connectivity index is 2.47. The second kappa shape index (κ2) is 6.62. The summed E-state index contributed by atoms with van der Waals surface area (Å²) in [5.41, 5.74) is 3.52. The van der Waals surface area contributed by atoms with E-state index < -0.39 is 0 Å². The zero-order chi connectivity index (χ0) is 14.5. The fraction of sp³-hybridized carbons (Fsp3) is 0.353. The van der Waals surface area contributed by atoms with Gasteiger partial charge in [0.25, 0.3) is 0 Å². The maximum absolute atomic E-state index is 14.4. The molecule has 2 aromatic rings. The summed E-state index contributed by atoms with van der Waals surface area (Å²) in [7, 11) is 0. The smallest absolute Gasteiger partial charge is 0.131 e. The number of aryl methyl sites for hydroxylation is 2. The molecule has 0 fully saturated rings. The molecular weight excluding hydrogens is 251 g/mol. The number of pyridine rings is 1. The van der Waals surface area contributed by atoms with E-state index in [1.807, 2.05) is 31.3 Å². The van der Waals surface area contributed by atoms with Gasteiger partial charge in [-0.2, -0.15) is 0 Å². The van der Waals surface area contributed by atoms with Crippen LogP contribution < -0.4 is 5.32 Å². The second-order valence-corrected chi connectivity index (χ2v) is 5.10. The van der Waals surface area contributed by atoms with Gasteiger partial charge in [0.15, 0.2) is 0 Å². The Kier molecular flexibility index (Phi) is 4.85. The van der Waals surface area contributed by atoms with Gasteiger partial charge >= 0.3 is 0 Å². The average Bonchev–Trinajstić information content (AvgIpc) is 2.45. The molecule has 0 saturated carbocycles. The molecule has 1 unspecified atom stereocenters. The zero-order valence-electron chi connectivity index (χ0n) is 12.3. The van der Waals surface area contributed by atoms with Crippen LogP contribution in [0.25, 0.3) is 0 Å². The van der Waals surface area contributed by atoms with E-state index >= 15 is 0 Å². The summed E-state index contributed by atoms with van der Waals surface area (Å²) in [6, 6.07) is 7.36. The summed E-state index contributed by atoms with van der Waals surface area (Å²) < 4.78 is 14.4. The largest absolute Gasteiger partial charge is 0.306 e. The first kappa shape index (κ1) is 14.7. The first-order valence-corrected chi connectivity index (χ1v) is 7.04. The Morgan fingerprint density at radius 1 is 1.15 bits per heavy atom. The summed E-state index contributed by atoms with van der Waals surface area (Å²) in [6.07, 6.45) is 4.59. The van der Waals surface area contributed by atoms with Gasteiger partial charge in [-0.3, -0.25) is 4.98 Å². The molecule has 0 aliphatic heterocycles. The number of hydrogen-bond acceptors (Lipinski definition) is 2. The van der Waals surface area contributed by atoms with Gasteiger partial charge in [-0.25, -0.2) is 4.39 Å². The molecule has 1 heterocycles. The molecule has 0 spiro atoms. The van der Waals surface area contributed by atoms with Gasteiger partial charge in [-0.05, 0) is 49.6 Å². The van der Waals surface area contributed by atoms with Crippen LogP contribution in [0.1, 0.15) is 41.6 Å². The molecule has 2 rings (SSSR count). The molecule has 1 aromatic heterocycles. The molecule has 106 valence electrons. The van der Waals surface area contributed by atoms with Gasteiger partial charge in [0.05, 0.1) is 6.04 Å². The molecule has 1 N–H and O–H groups in total. The van der Waals surface area contributed by atoms with E-state index in [0.29, 0.717) is 11.1 Å². The van der Waals surface area contributed by atoms with Crippen molar-refractivity contribution in [1.82, 2.24) is 10.3 Å². The van der Waals surface area contributed by atoms with Crippen molar-refractivity contribution in [1.29, 1.82) is 0 Å². The third-order valence-electron chi connectivity index (χ3n) is 3.52. The number of benzene rings is 1. The van der Waals surface area contributed by atoms with Crippen LogP contribution in [0.3, 0.4) is 0 Å². The highest BCUT2D eigenvalue weighted by molar-refractivity contribution is 5.37. The third kappa shape index (κ3) is 3.05. The molecule has 1 aromatic carbocycles. The Morgan fingerprint density at radius 3 is 2.65 bits per heavy atom. The van der Waals surface area contributed by atoms with Gasteiger partial charge in [-0.1, -0.05) is 25.1 Å². The molecule has 1 atom stereocenters. The summed E-state index contributed by atoms with van der Waals surface area (Å²) in [5, 5.41) is 3.43. The van der Waals surface area contributed by atoms with Gasteiger partial charge in [0.2, 0.25) is 0 Å². The summed E-state index contributed by atoms with van der Waals surface area (Å²) in [4.78, 5) is 4.19. The van der Waals surface area contributed by atoms with Crippen LogP contribution in [0.15, 0.2) is 36.7 Å². The second-order valence-electron chi connectivity index (χ2n) is 5.10. The van der Waals surface area contributed by atoms with Crippen molar-refractivity contribution in [2.75, 3.05) is 6.54 Å². The standard InChI is InChI=1S/C17H21FN2/c1-4-9-20-17(15-11-19-10-8-12(15)2)14-7-5-6-13(3)16(14)18/h5-8,10-11,17,20H,4,9H2,1-3H3. The van der Waals surface area contributed by atoms with Gasteiger partial charge < -0.3 is 5.32 Å². The van der Waals surface area contributed by atoms with Crippen molar-refractivity contribution in [3.63, 3.8) is 0 Å².